The van der Waals surface area contributed by atoms with E-state index in [4.69, 9.17) is 9.84 Å². The minimum atomic E-state index is 0.00106. The van der Waals surface area contributed by atoms with E-state index in [0.717, 1.165) is 4.90 Å². The number of carbonyl (C=O) groups excluding carboxylic acids is 1. The Morgan fingerprint density at radius 1 is 1.53 bits per heavy atom. The highest BCUT2D eigenvalue weighted by Crippen LogP contribution is 2.33. The molecule has 0 aliphatic rings. The Morgan fingerprint density at radius 3 is 2.76 bits per heavy atom. The van der Waals surface area contributed by atoms with Crippen LogP contribution >= 0.6 is 11.8 Å². The van der Waals surface area contributed by atoms with E-state index in [0.29, 0.717) is 17.7 Å². The summed E-state index contributed by atoms with van der Waals surface area (Å²) in [6.45, 7) is 3.73. The van der Waals surface area contributed by atoms with Crippen LogP contribution in [0.15, 0.2) is 23.1 Å². The Morgan fingerprint density at radius 2 is 2.24 bits per heavy atom. The number of methoxy groups -OCH3 is 1. The van der Waals surface area contributed by atoms with E-state index in [1.807, 2.05) is 19.1 Å². The summed E-state index contributed by atoms with van der Waals surface area (Å²) >= 11 is 1.59. The number of ether oxygens (including phenoxy) is 1. The SMILES string of the molecule is COc1cccc(SC(C)CCO)c1C(C)=O. The zero-order valence-corrected chi connectivity index (χ0v) is 11.2. The van der Waals surface area contributed by atoms with Crippen LogP contribution in [0, 0.1) is 0 Å². The maximum absolute atomic E-state index is 11.6. The number of carbonyl (C=O) groups is 1. The van der Waals surface area contributed by atoms with Crippen molar-refractivity contribution in [3.8, 4) is 5.75 Å². The van der Waals surface area contributed by atoms with E-state index < -0.39 is 0 Å². The average Bonchev–Trinajstić information content (AvgIpc) is 2.28. The number of rotatable bonds is 6. The first-order valence-electron chi connectivity index (χ1n) is 5.55. The van der Waals surface area contributed by atoms with Gasteiger partial charge >= 0.3 is 0 Å². The summed E-state index contributed by atoms with van der Waals surface area (Å²) in [5.41, 5.74) is 0.629. The zero-order valence-electron chi connectivity index (χ0n) is 10.4. The third-order valence-electron chi connectivity index (χ3n) is 2.42. The predicted molar refractivity (Wildman–Crippen MR) is 70.0 cm³/mol. The fraction of sp³-hybridized carbons (Fsp3) is 0.462. The smallest absolute Gasteiger partial charge is 0.164 e. The van der Waals surface area contributed by atoms with Gasteiger partial charge in [-0.25, -0.2) is 0 Å². The van der Waals surface area contributed by atoms with E-state index in [-0.39, 0.29) is 17.6 Å². The highest BCUT2D eigenvalue weighted by molar-refractivity contribution is 8.00. The topological polar surface area (TPSA) is 46.5 Å². The van der Waals surface area contributed by atoms with E-state index in [2.05, 4.69) is 0 Å². The van der Waals surface area contributed by atoms with Gasteiger partial charge in [0.15, 0.2) is 5.78 Å². The van der Waals surface area contributed by atoms with Gasteiger partial charge in [0.1, 0.15) is 5.75 Å². The lowest BCUT2D eigenvalue weighted by Gasteiger charge is -2.14. The molecule has 0 bridgehead atoms. The molecule has 0 fully saturated rings. The molecule has 0 radical (unpaired) electrons. The van der Waals surface area contributed by atoms with Crippen LogP contribution in [-0.2, 0) is 0 Å². The quantitative estimate of drug-likeness (QED) is 0.626. The Hall–Kier alpha value is -1.00. The van der Waals surface area contributed by atoms with Crippen LogP contribution in [0.4, 0.5) is 0 Å². The monoisotopic (exact) mass is 254 g/mol. The van der Waals surface area contributed by atoms with Crippen LogP contribution in [0.1, 0.15) is 30.6 Å². The fourth-order valence-electron chi connectivity index (χ4n) is 1.58. The lowest BCUT2D eigenvalue weighted by Crippen LogP contribution is -2.04. The lowest BCUT2D eigenvalue weighted by molar-refractivity contribution is 0.101. The van der Waals surface area contributed by atoms with Crippen LogP contribution in [0.2, 0.25) is 0 Å². The first kappa shape index (κ1) is 14.1. The van der Waals surface area contributed by atoms with Crippen molar-refractivity contribution in [2.75, 3.05) is 13.7 Å². The first-order valence-corrected chi connectivity index (χ1v) is 6.43. The number of hydrogen-bond donors (Lipinski definition) is 1. The number of aliphatic hydroxyl groups excluding tert-OH is 1. The molecule has 1 aromatic carbocycles. The van der Waals surface area contributed by atoms with Gasteiger partial charge in [-0.05, 0) is 25.5 Å². The summed E-state index contributed by atoms with van der Waals surface area (Å²) in [6.07, 6.45) is 0.708. The first-order chi connectivity index (χ1) is 8.10. The van der Waals surface area contributed by atoms with Crippen LogP contribution < -0.4 is 4.74 Å². The van der Waals surface area contributed by atoms with E-state index >= 15 is 0 Å². The van der Waals surface area contributed by atoms with Crippen LogP contribution in [-0.4, -0.2) is 29.9 Å². The number of thioether (sulfide) groups is 1. The molecule has 0 saturated carbocycles. The summed E-state index contributed by atoms with van der Waals surface area (Å²) in [5, 5.41) is 9.16. The Kier molecular flexibility index (Phi) is 5.51. The van der Waals surface area contributed by atoms with E-state index in [1.165, 1.54) is 0 Å². The minimum absolute atomic E-state index is 0.00106. The van der Waals surface area contributed by atoms with Gasteiger partial charge in [-0.1, -0.05) is 13.0 Å². The van der Waals surface area contributed by atoms with Crippen molar-refractivity contribution in [1.29, 1.82) is 0 Å². The normalized spacial score (nSPS) is 12.2. The van der Waals surface area contributed by atoms with Gasteiger partial charge in [0.05, 0.1) is 12.7 Å². The van der Waals surface area contributed by atoms with E-state index in [9.17, 15) is 4.79 Å². The third-order valence-corrected chi connectivity index (χ3v) is 3.66. The van der Waals surface area contributed by atoms with Crippen LogP contribution in [0.5, 0.6) is 5.75 Å². The molecule has 0 amide bonds. The zero-order chi connectivity index (χ0) is 12.8. The van der Waals surface area contributed by atoms with Gasteiger partial charge in [-0.2, -0.15) is 0 Å². The summed E-state index contributed by atoms with van der Waals surface area (Å²) in [5.74, 6) is 0.611. The predicted octanol–water partition coefficient (Wildman–Crippen LogP) is 2.76. The van der Waals surface area contributed by atoms with Gasteiger partial charge in [-0.15, -0.1) is 11.8 Å². The molecule has 3 nitrogen and oxygen atoms in total. The molecule has 1 atom stereocenters. The molecular formula is C13H18O3S. The summed E-state index contributed by atoms with van der Waals surface area (Å²) in [6, 6.07) is 5.58. The molecular weight excluding hydrogens is 236 g/mol. The second-order valence-corrected chi connectivity index (χ2v) is 5.31. The van der Waals surface area contributed by atoms with Crippen LogP contribution in [0.25, 0.3) is 0 Å². The minimum Gasteiger partial charge on any atom is -0.496 e. The summed E-state index contributed by atoms with van der Waals surface area (Å²) in [7, 11) is 1.56. The van der Waals surface area contributed by atoms with Gasteiger partial charge in [0.2, 0.25) is 0 Å². The molecule has 0 spiro atoms. The van der Waals surface area contributed by atoms with Crippen molar-refractivity contribution >= 4 is 17.5 Å². The highest BCUT2D eigenvalue weighted by Gasteiger charge is 2.15. The molecule has 1 N–H and O–H groups in total. The van der Waals surface area contributed by atoms with E-state index in [1.54, 1.807) is 31.9 Å². The number of Topliss-reactive ketones (excluding diaryl/α,β-unsaturated/α-hetero) is 1. The Labute approximate surface area is 106 Å². The lowest BCUT2D eigenvalue weighted by atomic mass is 10.1. The second-order valence-electron chi connectivity index (χ2n) is 3.83. The fourth-order valence-corrected chi connectivity index (χ4v) is 2.76. The molecule has 1 rings (SSSR count). The molecule has 1 aromatic rings. The highest BCUT2D eigenvalue weighted by atomic mass is 32.2. The van der Waals surface area contributed by atoms with Gasteiger partial charge < -0.3 is 9.84 Å². The Bertz CT molecular complexity index is 390. The maximum atomic E-state index is 11.6. The molecule has 17 heavy (non-hydrogen) atoms. The number of benzene rings is 1. The van der Waals surface area contributed by atoms with Crippen molar-refractivity contribution < 1.29 is 14.6 Å². The van der Waals surface area contributed by atoms with Crippen LogP contribution in [0.3, 0.4) is 0 Å². The maximum Gasteiger partial charge on any atom is 0.164 e. The number of ketones is 1. The van der Waals surface area contributed by atoms with Crippen molar-refractivity contribution in [3.63, 3.8) is 0 Å². The van der Waals surface area contributed by atoms with Crippen molar-refractivity contribution in [2.45, 2.75) is 30.4 Å². The summed E-state index contributed by atoms with van der Waals surface area (Å²) < 4.78 is 5.21. The molecule has 94 valence electrons. The van der Waals surface area contributed by atoms with Crippen molar-refractivity contribution in [1.82, 2.24) is 0 Å². The molecule has 0 heterocycles. The molecule has 0 saturated heterocycles. The third kappa shape index (κ3) is 3.75. The molecule has 0 aliphatic heterocycles. The van der Waals surface area contributed by atoms with Gasteiger partial charge in [0, 0.05) is 16.8 Å². The van der Waals surface area contributed by atoms with Crippen molar-refractivity contribution in [2.24, 2.45) is 0 Å². The Balaban J connectivity index is 3.02. The summed E-state index contributed by atoms with van der Waals surface area (Å²) in [4.78, 5) is 12.6. The van der Waals surface area contributed by atoms with Gasteiger partial charge in [0.25, 0.3) is 0 Å². The molecule has 1 unspecified atom stereocenters. The number of aliphatic hydroxyl groups is 1. The van der Waals surface area contributed by atoms with Gasteiger partial charge in [-0.3, -0.25) is 4.79 Å². The average molecular weight is 254 g/mol. The molecule has 4 heteroatoms. The van der Waals surface area contributed by atoms with Crippen molar-refractivity contribution in [3.05, 3.63) is 23.8 Å². The second kappa shape index (κ2) is 6.67. The standard InChI is InChI=1S/C13H18O3S/c1-9(7-8-14)17-12-6-4-5-11(16-3)13(12)10(2)15/h4-6,9,14H,7-8H2,1-3H3. The number of hydrogen-bond acceptors (Lipinski definition) is 4. The largest absolute Gasteiger partial charge is 0.496 e. The molecule has 0 aliphatic carbocycles. The molecule has 0 aromatic heterocycles.